The van der Waals surface area contributed by atoms with Crippen molar-refractivity contribution in [3.63, 3.8) is 0 Å². The fraction of sp³-hybridized carbons (Fsp3) is 0.257. The third kappa shape index (κ3) is 10.5. The Labute approximate surface area is 260 Å². The number of amides is 1. The predicted molar refractivity (Wildman–Crippen MR) is 168 cm³/mol. The number of ether oxygens (including phenoxy) is 1. The van der Waals surface area contributed by atoms with Crippen molar-refractivity contribution in [3.05, 3.63) is 120 Å². The number of carbonyl (C=O) groups excluding carboxylic acids is 1. The average molecular weight is 620 g/mol. The van der Waals surface area contributed by atoms with Gasteiger partial charge in [-0.15, -0.1) is 0 Å². The Morgan fingerprint density at radius 3 is 1.89 bits per heavy atom. The SMILES string of the molecule is COc1cccc(CN2CCCN(Cc3cccc(NC(=O)c4ccc(-c5ccccc5)cc4)c3)CC2)c1.O=C(O)C(F)(F)F. The largest absolute Gasteiger partial charge is 0.497 e. The highest BCUT2D eigenvalue weighted by atomic mass is 19.4. The number of halogens is 3. The molecule has 0 unspecified atom stereocenters. The summed E-state index contributed by atoms with van der Waals surface area (Å²) in [5, 5.41) is 10.2. The van der Waals surface area contributed by atoms with Crippen LogP contribution in [0.4, 0.5) is 18.9 Å². The van der Waals surface area contributed by atoms with Crippen LogP contribution in [0.5, 0.6) is 5.75 Å². The van der Waals surface area contributed by atoms with E-state index < -0.39 is 12.1 Å². The Morgan fingerprint density at radius 2 is 1.31 bits per heavy atom. The summed E-state index contributed by atoms with van der Waals surface area (Å²) in [6, 6.07) is 34.5. The maximum atomic E-state index is 12.9. The van der Waals surface area contributed by atoms with Crippen LogP contribution in [-0.2, 0) is 17.9 Å². The van der Waals surface area contributed by atoms with Crippen LogP contribution in [0.15, 0.2) is 103 Å². The molecule has 0 spiro atoms. The first kappa shape index (κ1) is 33.2. The average Bonchev–Trinajstić information content (AvgIpc) is 3.26. The van der Waals surface area contributed by atoms with E-state index in [4.69, 9.17) is 14.6 Å². The third-order valence-corrected chi connectivity index (χ3v) is 7.31. The van der Waals surface area contributed by atoms with E-state index >= 15 is 0 Å². The molecule has 0 aromatic heterocycles. The molecule has 2 N–H and O–H groups in total. The normalized spacial score (nSPS) is 14.0. The molecular weight excluding hydrogens is 583 g/mol. The summed E-state index contributed by atoms with van der Waals surface area (Å²) < 4.78 is 37.1. The van der Waals surface area contributed by atoms with Gasteiger partial charge in [-0.1, -0.05) is 66.7 Å². The van der Waals surface area contributed by atoms with Crippen molar-refractivity contribution in [1.82, 2.24) is 9.80 Å². The predicted octanol–water partition coefficient (Wildman–Crippen LogP) is 6.96. The minimum absolute atomic E-state index is 0.0929. The number of rotatable bonds is 8. The number of benzene rings is 4. The second-order valence-electron chi connectivity index (χ2n) is 10.7. The summed E-state index contributed by atoms with van der Waals surface area (Å²) in [6.07, 6.45) is -3.95. The van der Waals surface area contributed by atoms with Gasteiger partial charge in [-0.2, -0.15) is 13.2 Å². The molecule has 0 bridgehead atoms. The van der Waals surface area contributed by atoms with Gasteiger partial charge >= 0.3 is 12.1 Å². The molecule has 1 aliphatic rings. The van der Waals surface area contributed by atoms with Gasteiger partial charge in [0.25, 0.3) is 5.91 Å². The Kier molecular flexibility index (Phi) is 11.7. The fourth-order valence-corrected chi connectivity index (χ4v) is 5.02. The van der Waals surface area contributed by atoms with Gasteiger partial charge in [0.1, 0.15) is 5.75 Å². The summed E-state index contributed by atoms with van der Waals surface area (Å²) in [7, 11) is 1.71. The standard InChI is InChI=1S/C33H35N3O2.C2HF3O2/c1-38-32-13-6-9-27(23-32)25-36-19-7-18-35(20-21-36)24-26-8-5-12-31(22-26)34-33(37)30-16-14-29(15-17-30)28-10-3-2-4-11-28;3-2(4,5)1(6)7/h2-6,8-17,22-23H,7,18-21,24-25H2,1H3,(H,34,37);(H,6,7). The zero-order valence-corrected chi connectivity index (χ0v) is 25.0. The first-order chi connectivity index (χ1) is 21.6. The van der Waals surface area contributed by atoms with Gasteiger partial charge in [0.05, 0.1) is 7.11 Å². The Morgan fingerprint density at radius 1 is 0.756 bits per heavy atom. The fourth-order valence-electron chi connectivity index (χ4n) is 5.02. The molecule has 1 saturated heterocycles. The molecule has 1 amide bonds. The number of nitrogens with one attached hydrogen (secondary N) is 1. The van der Waals surface area contributed by atoms with Crippen LogP contribution in [0.1, 0.15) is 27.9 Å². The molecule has 0 aliphatic carbocycles. The molecule has 236 valence electrons. The van der Waals surface area contributed by atoms with Crippen LogP contribution in [0.2, 0.25) is 0 Å². The van der Waals surface area contributed by atoms with Crippen LogP contribution >= 0.6 is 0 Å². The topological polar surface area (TPSA) is 82.1 Å². The summed E-state index contributed by atoms with van der Waals surface area (Å²) in [4.78, 5) is 26.8. The van der Waals surface area contributed by atoms with Crippen LogP contribution in [0.25, 0.3) is 11.1 Å². The molecule has 0 atom stereocenters. The Hall–Kier alpha value is -4.67. The number of anilines is 1. The number of alkyl halides is 3. The van der Waals surface area contributed by atoms with Crippen LogP contribution < -0.4 is 10.1 Å². The lowest BCUT2D eigenvalue weighted by Crippen LogP contribution is -2.30. The lowest BCUT2D eigenvalue weighted by Gasteiger charge is -2.22. The van der Waals surface area contributed by atoms with Gasteiger partial charge in [-0.3, -0.25) is 14.6 Å². The third-order valence-electron chi connectivity index (χ3n) is 7.31. The molecule has 0 radical (unpaired) electrons. The van der Waals surface area contributed by atoms with Gasteiger partial charge in [-0.05, 0) is 78.2 Å². The zero-order valence-electron chi connectivity index (χ0n) is 25.0. The number of carboxylic acid groups (broad SMARTS) is 1. The number of hydrogen-bond acceptors (Lipinski definition) is 5. The van der Waals surface area contributed by atoms with Crippen LogP contribution in [0.3, 0.4) is 0 Å². The second-order valence-corrected chi connectivity index (χ2v) is 10.7. The van der Waals surface area contributed by atoms with Gasteiger partial charge in [0.15, 0.2) is 0 Å². The molecule has 1 fully saturated rings. The maximum absolute atomic E-state index is 12.9. The molecule has 45 heavy (non-hydrogen) atoms. The highest BCUT2D eigenvalue weighted by Gasteiger charge is 2.38. The molecule has 7 nitrogen and oxygen atoms in total. The van der Waals surface area contributed by atoms with E-state index in [0.29, 0.717) is 5.56 Å². The summed E-state index contributed by atoms with van der Waals surface area (Å²) >= 11 is 0. The minimum Gasteiger partial charge on any atom is -0.497 e. The number of aliphatic carboxylic acids is 1. The molecule has 0 saturated carbocycles. The van der Waals surface area contributed by atoms with E-state index in [9.17, 15) is 18.0 Å². The number of methoxy groups -OCH3 is 1. The van der Waals surface area contributed by atoms with Gasteiger partial charge in [-0.25, -0.2) is 4.79 Å². The van der Waals surface area contributed by atoms with E-state index in [-0.39, 0.29) is 5.91 Å². The number of carbonyl (C=O) groups is 2. The van der Waals surface area contributed by atoms with Crippen molar-refractivity contribution in [2.24, 2.45) is 0 Å². The molecule has 1 heterocycles. The molecular formula is C35H36F3N3O4. The lowest BCUT2D eigenvalue weighted by atomic mass is 10.0. The Balaban J connectivity index is 0.000000591. The molecule has 10 heteroatoms. The number of hydrogen-bond donors (Lipinski definition) is 2. The monoisotopic (exact) mass is 619 g/mol. The minimum atomic E-state index is -5.08. The van der Waals surface area contributed by atoms with Crippen LogP contribution in [0, 0.1) is 0 Å². The first-order valence-corrected chi connectivity index (χ1v) is 14.5. The van der Waals surface area contributed by atoms with Gasteiger partial charge < -0.3 is 15.2 Å². The zero-order chi connectivity index (χ0) is 32.2. The van der Waals surface area contributed by atoms with E-state index in [0.717, 1.165) is 68.3 Å². The maximum Gasteiger partial charge on any atom is 0.490 e. The lowest BCUT2D eigenvalue weighted by molar-refractivity contribution is -0.192. The highest BCUT2D eigenvalue weighted by Crippen LogP contribution is 2.21. The Bertz CT molecular complexity index is 1550. The molecule has 4 aromatic carbocycles. The molecule has 5 rings (SSSR count). The second kappa shape index (κ2) is 15.9. The van der Waals surface area contributed by atoms with E-state index in [2.05, 4.69) is 57.6 Å². The smallest absolute Gasteiger partial charge is 0.490 e. The molecule has 4 aromatic rings. The first-order valence-electron chi connectivity index (χ1n) is 14.5. The van der Waals surface area contributed by atoms with Crippen molar-refractivity contribution in [3.8, 4) is 16.9 Å². The number of carboxylic acids is 1. The summed E-state index contributed by atoms with van der Waals surface area (Å²) in [5.41, 5.74) is 6.22. The quantitative estimate of drug-likeness (QED) is 0.222. The van der Waals surface area contributed by atoms with Crippen molar-refractivity contribution >= 4 is 17.6 Å². The van der Waals surface area contributed by atoms with E-state index in [1.807, 2.05) is 60.7 Å². The van der Waals surface area contributed by atoms with Crippen molar-refractivity contribution in [2.75, 3.05) is 38.6 Å². The van der Waals surface area contributed by atoms with E-state index in [1.54, 1.807) is 7.11 Å². The van der Waals surface area contributed by atoms with Crippen molar-refractivity contribution < 1.29 is 32.6 Å². The summed E-state index contributed by atoms with van der Waals surface area (Å²) in [5.74, 6) is -1.94. The van der Waals surface area contributed by atoms with Crippen LogP contribution in [-0.4, -0.2) is 66.2 Å². The highest BCUT2D eigenvalue weighted by molar-refractivity contribution is 6.04. The van der Waals surface area contributed by atoms with Crippen molar-refractivity contribution in [1.29, 1.82) is 0 Å². The van der Waals surface area contributed by atoms with Gasteiger partial charge in [0.2, 0.25) is 0 Å². The van der Waals surface area contributed by atoms with Gasteiger partial charge in [0, 0.05) is 37.4 Å². The molecule has 1 aliphatic heterocycles. The van der Waals surface area contributed by atoms with Crippen molar-refractivity contribution in [2.45, 2.75) is 25.7 Å². The summed E-state index contributed by atoms with van der Waals surface area (Å²) in [6.45, 7) is 6.04. The van der Waals surface area contributed by atoms with E-state index in [1.165, 1.54) is 11.1 Å². The number of nitrogens with zero attached hydrogens (tertiary/aromatic N) is 2.